The molecule has 0 aliphatic rings. The highest BCUT2D eigenvalue weighted by atomic mass is 32.2. The number of anilines is 1. The second-order valence-electron chi connectivity index (χ2n) is 6.38. The zero-order valence-corrected chi connectivity index (χ0v) is 17.2. The van der Waals surface area contributed by atoms with Crippen molar-refractivity contribution in [2.45, 2.75) is 18.4 Å². The van der Waals surface area contributed by atoms with Crippen LogP contribution in [0.5, 0.6) is 0 Å². The summed E-state index contributed by atoms with van der Waals surface area (Å²) in [6, 6.07) is 13.9. The fraction of sp³-hybridized carbons (Fsp3) is 0.143. The molecule has 0 aliphatic carbocycles. The van der Waals surface area contributed by atoms with E-state index in [1.165, 1.54) is 43.7 Å². The second-order valence-corrected chi connectivity index (χ2v) is 8.04. The summed E-state index contributed by atoms with van der Waals surface area (Å²) in [5, 5.41) is 2.68. The first-order chi connectivity index (χ1) is 14.3. The van der Waals surface area contributed by atoms with E-state index in [4.69, 9.17) is 4.42 Å². The molecule has 0 atom stereocenters. The minimum atomic E-state index is -4.08. The molecule has 2 aromatic carbocycles. The molecular weight excluding hydrogens is 408 g/mol. The van der Waals surface area contributed by atoms with E-state index >= 15 is 0 Å². The van der Waals surface area contributed by atoms with Gasteiger partial charge in [-0.05, 0) is 48.9 Å². The van der Waals surface area contributed by atoms with E-state index in [1.807, 2.05) is 0 Å². The third kappa shape index (κ3) is 4.69. The van der Waals surface area contributed by atoms with Crippen molar-refractivity contribution in [2.75, 3.05) is 11.8 Å². The summed E-state index contributed by atoms with van der Waals surface area (Å²) < 4.78 is 38.3. The highest BCUT2D eigenvalue weighted by Crippen LogP contribution is 2.23. The Labute approximate surface area is 173 Å². The Balaban J connectivity index is 1.87. The fourth-order valence-electron chi connectivity index (χ4n) is 2.78. The molecule has 0 radical (unpaired) electrons. The van der Waals surface area contributed by atoms with Crippen LogP contribution >= 0.6 is 0 Å². The molecule has 0 fully saturated rings. The van der Waals surface area contributed by atoms with E-state index in [0.29, 0.717) is 11.3 Å². The monoisotopic (exact) mass is 428 g/mol. The van der Waals surface area contributed by atoms with Crippen LogP contribution in [0.4, 0.5) is 5.69 Å². The third-order valence-electron chi connectivity index (χ3n) is 4.32. The number of ether oxygens (including phenoxy) is 1. The molecule has 156 valence electrons. The lowest BCUT2D eigenvalue weighted by molar-refractivity contribution is 0.0600. The van der Waals surface area contributed by atoms with Crippen molar-refractivity contribution < 1.29 is 27.2 Å². The van der Waals surface area contributed by atoms with Gasteiger partial charge in [0.1, 0.15) is 5.76 Å². The molecule has 1 amide bonds. The van der Waals surface area contributed by atoms with Gasteiger partial charge in [-0.3, -0.25) is 9.52 Å². The van der Waals surface area contributed by atoms with Gasteiger partial charge in [-0.1, -0.05) is 18.2 Å². The maximum atomic E-state index is 13.0. The molecule has 0 bridgehead atoms. The average molecular weight is 428 g/mol. The number of esters is 1. The number of carbonyl (C=O) groups is 2. The number of rotatable bonds is 7. The lowest BCUT2D eigenvalue weighted by Crippen LogP contribution is -2.25. The van der Waals surface area contributed by atoms with Gasteiger partial charge in [-0.15, -0.1) is 0 Å². The molecule has 30 heavy (non-hydrogen) atoms. The molecule has 2 N–H and O–H groups in total. The molecule has 3 aromatic rings. The summed E-state index contributed by atoms with van der Waals surface area (Å²) in [4.78, 5) is 24.3. The van der Waals surface area contributed by atoms with Crippen LogP contribution in [0.25, 0.3) is 0 Å². The van der Waals surface area contributed by atoms with E-state index in [2.05, 4.69) is 14.8 Å². The minimum absolute atomic E-state index is 0.0869. The van der Waals surface area contributed by atoms with E-state index in [1.54, 1.807) is 31.2 Å². The van der Waals surface area contributed by atoms with Gasteiger partial charge in [0, 0.05) is 0 Å². The number of nitrogens with one attached hydrogen (secondary N) is 2. The first kappa shape index (κ1) is 21.1. The van der Waals surface area contributed by atoms with Crippen LogP contribution in [-0.2, 0) is 21.3 Å². The van der Waals surface area contributed by atoms with Crippen LogP contribution in [0.3, 0.4) is 0 Å². The smallest absolute Gasteiger partial charge is 0.337 e. The molecule has 0 saturated heterocycles. The number of sulfonamides is 1. The molecule has 0 saturated carbocycles. The Bertz CT molecular complexity index is 1170. The topological polar surface area (TPSA) is 115 Å². The van der Waals surface area contributed by atoms with Gasteiger partial charge >= 0.3 is 5.97 Å². The molecule has 3 rings (SSSR count). The number of carbonyl (C=O) groups excluding carboxylic acids is 2. The highest BCUT2D eigenvalue weighted by Gasteiger charge is 2.22. The van der Waals surface area contributed by atoms with E-state index in [-0.39, 0.29) is 28.3 Å². The third-order valence-corrected chi connectivity index (χ3v) is 5.83. The molecule has 1 aromatic heterocycles. The maximum absolute atomic E-state index is 13.0. The quantitative estimate of drug-likeness (QED) is 0.559. The molecular formula is C21H20N2O6S. The van der Waals surface area contributed by atoms with Crippen LogP contribution in [0.15, 0.2) is 70.2 Å². The van der Waals surface area contributed by atoms with Crippen molar-refractivity contribution >= 4 is 27.6 Å². The van der Waals surface area contributed by atoms with Crippen LogP contribution in [0, 0.1) is 6.92 Å². The van der Waals surface area contributed by atoms with Crippen LogP contribution in [0.2, 0.25) is 0 Å². The predicted octanol–water partition coefficient (Wildman–Crippen LogP) is 3.11. The summed E-state index contributed by atoms with van der Waals surface area (Å²) in [7, 11) is -2.86. The van der Waals surface area contributed by atoms with E-state index in [0.717, 1.165) is 0 Å². The Kier molecular flexibility index (Phi) is 6.22. The number of methoxy groups -OCH3 is 1. The number of hydrogen-bond acceptors (Lipinski definition) is 6. The van der Waals surface area contributed by atoms with Crippen LogP contribution < -0.4 is 10.0 Å². The van der Waals surface area contributed by atoms with Crippen LogP contribution in [-0.4, -0.2) is 27.4 Å². The standard InChI is InChI=1S/C21H20N2O6S/c1-14-9-10-15(21(25)28-2)12-19(14)30(26,27)23-18-8-4-3-7-17(18)20(24)22-13-16-6-5-11-29-16/h3-12,23H,13H2,1-2H3,(H,22,24). The Morgan fingerprint density at radius 3 is 2.53 bits per heavy atom. The van der Waals surface area contributed by atoms with E-state index < -0.39 is 21.9 Å². The van der Waals surface area contributed by atoms with E-state index in [9.17, 15) is 18.0 Å². The van der Waals surface area contributed by atoms with Crippen LogP contribution in [0.1, 0.15) is 32.0 Å². The fourth-order valence-corrected chi connectivity index (χ4v) is 4.13. The number of aryl methyl sites for hydroxylation is 1. The van der Waals surface area contributed by atoms with Crippen molar-refractivity contribution in [3.63, 3.8) is 0 Å². The molecule has 8 nitrogen and oxygen atoms in total. The van der Waals surface area contributed by atoms with Gasteiger partial charge in [0.2, 0.25) is 0 Å². The molecule has 0 unspecified atom stereocenters. The Hall–Kier alpha value is -3.59. The summed E-state index contributed by atoms with van der Waals surface area (Å²) in [6.07, 6.45) is 1.49. The lowest BCUT2D eigenvalue weighted by Gasteiger charge is -2.14. The van der Waals surface area contributed by atoms with Crippen molar-refractivity contribution in [2.24, 2.45) is 0 Å². The normalized spacial score (nSPS) is 11.0. The Morgan fingerprint density at radius 2 is 1.83 bits per heavy atom. The molecule has 9 heteroatoms. The summed E-state index contributed by atoms with van der Waals surface area (Å²) >= 11 is 0. The Morgan fingerprint density at radius 1 is 1.07 bits per heavy atom. The molecule has 1 heterocycles. The van der Waals surface area contributed by atoms with Crippen molar-refractivity contribution in [3.8, 4) is 0 Å². The predicted molar refractivity (Wildman–Crippen MR) is 110 cm³/mol. The van der Waals surface area contributed by atoms with Crippen molar-refractivity contribution in [1.29, 1.82) is 0 Å². The summed E-state index contributed by atoms with van der Waals surface area (Å²) in [5.41, 5.74) is 0.801. The van der Waals surface area contributed by atoms with Crippen molar-refractivity contribution in [3.05, 3.63) is 83.3 Å². The zero-order chi connectivity index (χ0) is 21.7. The van der Waals surface area contributed by atoms with Gasteiger partial charge in [-0.2, -0.15) is 0 Å². The van der Waals surface area contributed by atoms with Gasteiger partial charge in [-0.25, -0.2) is 13.2 Å². The molecule has 0 aliphatic heterocycles. The number of hydrogen-bond donors (Lipinski definition) is 2. The average Bonchev–Trinajstić information content (AvgIpc) is 3.25. The van der Waals surface area contributed by atoms with Crippen molar-refractivity contribution in [1.82, 2.24) is 5.32 Å². The number of benzene rings is 2. The first-order valence-electron chi connectivity index (χ1n) is 8.93. The highest BCUT2D eigenvalue weighted by molar-refractivity contribution is 7.92. The summed E-state index contributed by atoms with van der Waals surface area (Å²) in [6.45, 7) is 1.77. The SMILES string of the molecule is COC(=O)c1ccc(C)c(S(=O)(=O)Nc2ccccc2C(=O)NCc2ccco2)c1. The molecule has 0 spiro atoms. The zero-order valence-electron chi connectivity index (χ0n) is 16.3. The second kappa shape index (κ2) is 8.83. The largest absolute Gasteiger partial charge is 0.467 e. The van der Waals surface area contributed by atoms with Gasteiger partial charge in [0.05, 0.1) is 41.6 Å². The lowest BCUT2D eigenvalue weighted by atomic mass is 10.1. The van der Waals surface area contributed by atoms with Gasteiger partial charge in [0.15, 0.2) is 0 Å². The maximum Gasteiger partial charge on any atom is 0.337 e. The first-order valence-corrected chi connectivity index (χ1v) is 10.4. The minimum Gasteiger partial charge on any atom is -0.467 e. The van der Waals surface area contributed by atoms with Gasteiger partial charge < -0.3 is 14.5 Å². The number of para-hydroxylation sites is 1. The number of amides is 1. The van der Waals surface area contributed by atoms with Gasteiger partial charge in [0.25, 0.3) is 15.9 Å². The summed E-state index contributed by atoms with van der Waals surface area (Å²) in [5.74, 6) is -0.550. The number of furan rings is 1.